The monoisotopic (exact) mass is 340 g/mol. The summed E-state index contributed by atoms with van der Waals surface area (Å²) in [6.45, 7) is 0.721. The highest BCUT2D eigenvalue weighted by Gasteiger charge is 2.08. The van der Waals surface area contributed by atoms with Crippen molar-refractivity contribution in [1.82, 2.24) is 10.3 Å². The van der Waals surface area contributed by atoms with Crippen molar-refractivity contribution in [3.05, 3.63) is 42.1 Å². The summed E-state index contributed by atoms with van der Waals surface area (Å²) in [5, 5.41) is 3.83. The van der Waals surface area contributed by atoms with Gasteiger partial charge in [0.25, 0.3) is 5.91 Å². The summed E-state index contributed by atoms with van der Waals surface area (Å²) in [5.41, 5.74) is 1.55. The lowest BCUT2D eigenvalue weighted by molar-refractivity contribution is 0.0955. The Hall–Kier alpha value is -1.17. The molecule has 0 saturated carbocycles. The molecule has 0 aliphatic heterocycles. The second kappa shape index (κ2) is 5.95. The van der Waals surface area contributed by atoms with Crippen LogP contribution in [0.25, 0.3) is 10.9 Å². The number of fused-ring (bicyclic) bond motifs is 1. The van der Waals surface area contributed by atoms with Crippen LogP contribution in [-0.4, -0.2) is 21.9 Å². The third-order valence-electron chi connectivity index (χ3n) is 2.49. The van der Waals surface area contributed by atoms with E-state index in [4.69, 9.17) is 0 Å². The number of pyridine rings is 1. The first-order valence-electron chi connectivity index (χ1n) is 5.51. The molecule has 2 aromatic rings. The fourth-order valence-electron chi connectivity index (χ4n) is 1.67. The highest BCUT2D eigenvalue weighted by atomic mass is 127. The summed E-state index contributed by atoms with van der Waals surface area (Å²) in [7, 11) is 0. The predicted octanol–water partition coefficient (Wildman–Crippen LogP) is 2.79. The molecule has 1 aromatic heterocycles. The number of nitrogens with zero attached hydrogens (tertiary/aromatic N) is 1. The van der Waals surface area contributed by atoms with Crippen molar-refractivity contribution in [2.75, 3.05) is 11.0 Å². The second-order valence-corrected chi connectivity index (χ2v) is 4.75. The third-order valence-corrected chi connectivity index (χ3v) is 3.25. The third kappa shape index (κ3) is 2.94. The largest absolute Gasteiger partial charge is 0.352 e. The molecule has 0 bridgehead atoms. The van der Waals surface area contributed by atoms with E-state index in [9.17, 15) is 4.79 Å². The van der Waals surface area contributed by atoms with Crippen molar-refractivity contribution in [3.8, 4) is 0 Å². The molecule has 1 aromatic carbocycles. The minimum absolute atomic E-state index is 0.0200. The van der Waals surface area contributed by atoms with Crippen LogP contribution in [0.4, 0.5) is 0 Å². The summed E-state index contributed by atoms with van der Waals surface area (Å²) < 4.78 is 1.05. The normalized spacial score (nSPS) is 10.4. The molecular weight excluding hydrogens is 327 g/mol. The molecule has 0 saturated heterocycles. The number of halogens is 1. The summed E-state index contributed by atoms with van der Waals surface area (Å²) >= 11 is 2.30. The van der Waals surface area contributed by atoms with Crippen LogP contribution < -0.4 is 5.32 Å². The van der Waals surface area contributed by atoms with Gasteiger partial charge in [-0.2, -0.15) is 0 Å². The Balaban J connectivity index is 2.26. The number of rotatable bonds is 4. The van der Waals surface area contributed by atoms with Gasteiger partial charge in [-0.05, 0) is 24.6 Å². The van der Waals surface area contributed by atoms with Crippen LogP contribution in [0.5, 0.6) is 0 Å². The van der Waals surface area contributed by atoms with E-state index in [1.165, 1.54) is 0 Å². The Morgan fingerprint density at radius 1 is 1.29 bits per heavy atom. The first kappa shape index (κ1) is 12.3. The topological polar surface area (TPSA) is 42.0 Å². The van der Waals surface area contributed by atoms with E-state index >= 15 is 0 Å². The zero-order valence-electron chi connectivity index (χ0n) is 9.32. The highest BCUT2D eigenvalue weighted by molar-refractivity contribution is 14.1. The van der Waals surface area contributed by atoms with E-state index in [1.54, 1.807) is 6.20 Å². The van der Waals surface area contributed by atoms with Gasteiger partial charge in [0.2, 0.25) is 0 Å². The van der Waals surface area contributed by atoms with E-state index in [0.29, 0.717) is 5.56 Å². The van der Waals surface area contributed by atoms with Gasteiger partial charge in [0.05, 0.1) is 5.52 Å². The number of carbonyl (C=O) groups is 1. The minimum Gasteiger partial charge on any atom is -0.352 e. The standard InChI is InChI=1S/C13H13IN2O/c14-7-3-9-16-13(17)11-4-1-6-12-10(11)5-2-8-15-12/h1-2,4-6,8H,3,7,9H2,(H,16,17). The summed E-state index contributed by atoms with van der Waals surface area (Å²) in [5.74, 6) is -0.0200. The Morgan fingerprint density at radius 2 is 2.18 bits per heavy atom. The fourth-order valence-corrected chi connectivity index (χ4v) is 2.05. The van der Waals surface area contributed by atoms with Crippen molar-refractivity contribution >= 4 is 39.4 Å². The number of carbonyl (C=O) groups excluding carboxylic acids is 1. The first-order valence-corrected chi connectivity index (χ1v) is 7.03. The van der Waals surface area contributed by atoms with Crippen molar-refractivity contribution < 1.29 is 4.79 Å². The number of amides is 1. The van der Waals surface area contributed by atoms with Gasteiger partial charge in [-0.3, -0.25) is 9.78 Å². The Bertz CT molecular complexity index is 522. The predicted molar refractivity (Wildman–Crippen MR) is 77.6 cm³/mol. The van der Waals surface area contributed by atoms with Gasteiger partial charge in [-0.25, -0.2) is 0 Å². The molecule has 4 heteroatoms. The molecular formula is C13H13IN2O. The van der Waals surface area contributed by atoms with Gasteiger partial charge >= 0.3 is 0 Å². The number of hydrogen-bond acceptors (Lipinski definition) is 2. The summed E-state index contributed by atoms with van der Waals surface area (Å²) in [6.07, 6.45) is 2.73. The molecule has 0 aliphatic rings. The van der Waals surface area contributed by atoms with Gasteiger partial charge in [-0.15, -0.1) is 0 Å². The molecule has 88 valence electrons. The zero-order valence-corrected chi connectivity index (χ0v) is 11.5. The first-order chi connectivity index (χ1) is 8.33. The quantitative estimate of drug-likeness (QED) is 0.528. The Morgan fingerprint density at radius 3 is 3.00 bits per heavy atom. The van der Waals surface area contributed by atoms with E-state index < -0.39 is 0 Å². The van der Waals surface area contributed by atoms with Crippen LogP contribution in [0.2, 0.25) is 0 Å². The summed E-state index contributed by atoms with van der Waals surface area (Å²) in [4.78, 5) is 16.2. The van der Waals surface area contributed by atoms with Crippen LogP contribution in [0.1, 0.15) is 16.8 Å². The molecule has 0 unspecified atom stereocenters. The highest BCUT2D eigenvalue weighted by Crippen LogP contribution is 2.16. The Kier molecular flexibility index (Phi) is 4.30. The van der Waals surface area contributed by atoms with Crippen molar-refractivity contribution in [2.45, 2.75) is 6.42 Å². The lowest BCUT2D eigenvalue weighted by Gasteiger charge is -2.06. The van der Waals surface area contributed by atoms with Gasteiger partial charge in [0, 0.05) is 28.1 Å². The molecule has 1 N–H and O–H groups in total. The zero-order chi connectivity index (χ0) is 12.1. The van der Waals surface area contributed by atoms with Gasteiger partial charge in [0.15, 0.2) is 0 Å². The lowest BCUT2D eigenvalue weighted by atomic mass is 10.1. The SMILES string of the molecule is O=C(NCCCI)c1cccc2ncccc12. The molecule has 1 heterocycles. The number of aromatic nitrogens is 1. The Labute approximate surface area is 114 Å². The molecule has 0 fully saturated rings. The average molecular weight is 340 g/mol. The molecule has 0 radical (unpaired) electrons. The number of benzene rings is 1. The minimum atomic E-state index is -0.0200. The maximum absolute atomic E-state index is 12.0. The number of alkyl halides is 1. The van der Waals surface area contributed by atoms with E-state index in [2.05, 4.69) is 32.9 Å². The maximum atomic E-state index is 12.0. The van der Waals surface area contributed by atoms with E-state index in [0.717, 1.165) is 28.3 Å². The summed E-state index contributed by atoms with van der Waals surface area (Å²) in [6, 6.07) is 9.39. The smallest absolute Gasteiger partial charge is 0.251 e. The molecule has 0 atom stereocenters. The van der Waals surface area contributed by atoms with Gasteiger partial charge in [-0.1, -0.05) is 34.7 Å². The molecule has 3 nitrogen and oxygen atoms in total. The van der Waals surface area contributed by atoms with Gasteiger partial charge in [0.1, 0.15) is 0 Å². The average Bonchev–Trinajstić information content (AvgIpc) is 2.38. The van der Waals surface area contributed by atoms with Gasteiger partial charge < -0.3 is 5.32 Å². The maximum Gasteiger partial charge on any atom is 0.251 e. The van der Waals surface area contributed by atoms with Crippen LogP contribution in [-0.2, 0) is 0 Å². The van der Waals surface area contributed by atoms with E-state index in [1.807, 2.05) is 30.3 Å². The molecule has 1 amide bonds. The fraction of sp³-hybridized carbons (Fsp3) is 0.231. The van der Waals surface area contributed by atoms with Crippen LogP contribution in [0, 0.1) is 0 Å². The second-order valence-electron chi connectivity index (χ2n) is 3.67. The van der Waals surface area contributed by atoms with Crippen LogP contribution >= 0.6 is 22.6 Å². The van der Waals surface area contributed by atoms with Crippen molar-refractivity contribution in [1.29, 1.82) is 0 Å². The number of nitrogens with one attached hydrogen (secondary N) is 1. The molecule has 17 heavy (non-hydrogen) atoms. The lowest BCUT2D eigenvalue weighted by Crippen LogP contribution is -2.24. The van der Waals surface area contributed by atoms with Crippen LogP contribution in [0.3, 0.4) is 0 Å². The molecule has 0 aliphatic carbocycles. The van der Waals surface area contributed by atoms with Crippen LogP contribution in [0.15, 0.2) is 36.5 Å². The van der Waals surface area contributed by atoms with E-state index in [-0.39, 0.29) is 5.91 Å². The van der Waals surface area contributed by atoms with Crippen molar-refractivity contribution in [3.63, 3.8) is 0 Å². The molecule has 0 spiro atoms. The number of hydrogen-bond donors (Lipinski definition) is 1. The molecule has 2 rings (SSSR count). The van der Waals surface area contributed by atoms with Crippen molar-refractivity contribution in [2.24, 2.45) is 0 Å².